The van der Waals surface area contributed by atoms with Gasteiger partial charge in [-0.1, -0.05) is 58.0 Å². The smallest absolute Gasteiger partial charge is 0.165 e. The van der Waals surface area contributed by atoms with Gasteiger partial charge >= 0.3 is 0 Å². The summed E-state index contributed by atoms with van der Waals surface area (Å²) in [4.78, 5) is 0. The molecule has 5 aromatic rings. The first kappa shape index (κ1) is 35.4. The van der Waals surface area contributed by atoms with Gasteiger partial charge in [-0.2, -0.15) is 0 Å². The fourth-order valence-corrected chi connectivity index (χ4v) is 6.81. The molecular weight excluding hydrogens is 748 g/mol. The zero-order valence-corrected chi connectivity index (χ0v) is 31.0. The number of rotatable bonds is 5. The van der Waals surface area contributed by atoms with Crippen LogP contribution < -0.4 is 50.3 Å². The van der Waals surface area contributed by atoms with Crippen LogP contribution in [0.3, 0.4) is 0 Å². The van der Waals surface area contributed by atoms with E-state index in [4.69, 9.17) is 81.7 Å². The lowest BCUT2D eigenvalue weighted by atomic mass is 10.1. The summed E-state index contributed by atoms with van der Waals surface area (Å²) in [5.41, 5.74) is 5.05. The third-order valence-corrected chi connectivity index (χ3v) is 8.73. The van der Waals surface area contributed by atoms with E-state index in [1.807, 2.05) is 0 Å². The first-order valence-electron chi connectivity index (χ1n) is 14.8. The largest absolute Gasteiger partial charge is 0.492 e. The van der Waals surface area contributed by atoms with Gasteiger partial charge in [0.15, 0.2) is 28.7 Å². The number of hydrogen-bond acceptors (Lipinski definition) is 10. The van der Waals surface area contributed by atoms with Crippen LogP contribution in [0.2, 0.25) is 25.1 Å². The Morgan fingerprint density at radius 2 is 0.400 bits per heavy atom. The van der Waals surface area contributed by atoms with E-state index in [-0.39, 0.29) is 0 Å². The van der Waals surface area contributed by atoms with Crippen molar-refractivity contribution >= 4 is 115 Å². The van der Waals surface area contributed by atoms with Crippen LogP contribution in [0.4, 0.5) is 56.9 Å². The molecule has 0 spiro atoms. The average Bonchev–Trinajstić information content (AvgIpc) is 3.04. The van der Waals surface area contributed by atoms with Crippen LogP contribution >= 0.6 is 58.0 Å². The Labute approximate surface area is 313 Å². The predicted molar refractivity (Wildman–Crippen MR) is 206 cm³/mol. The molecular formula is C35H30Cl5N5O5. The lowest BCUT2D eigenvalue weighted by Gasteiger charge is -2.23. The second-order valence-electron chi connectivity index (χ2n) is 10.8. The fraction of sp³-hybridized carbons (Fsp3) is 0.143. The summed E-state index contributed by atoms with van der Waals surface area (Å²) in [6.07, 6.45) is 0. The van der Waals surface area contributed by atoms with E-state index in [1.165, 1.54) is 0 Å². The fourth-order valence-electron chi connectivity index (χ4n) is 5.72. The molecule has 5 N–H and O–H groups in total. The Hall–Kier alpha value is -4.45. The van der Waals surface area contributed by atoms with Gasteiger partial charge in [-0.25, -0.2) is 0 Å². The Bertz CT molecular complexity index is 1660. The molecule has 0 fully saturated rings. The number of anilines is 10. The maximum Gasteiger partial charge on any atom is 0.165 e. The molecule has 0 unspecified atom stereocenters. The van der Waals surface area contributed by atoms with Crippen molar-refractivity contribution in [1.82, 2.24) is 0 Å². The zero-order valence-electron chi connectivity index (χ0n) is 27.2. The van der Waals surface area contributed by atoms with Crippen molar-refractivity contribution in [2.75, 3.05) is 62.1 Å². The topological polar surface area (TPSA) is 106 Å². The molecule has 1 aliphatic rings. The summed E-state index contributed by atoms with van der Waals surface area (Å²) in [5.74, 6) is 2.11. The summed E-state index contributed by atoms with van der Waals surface area (Å²) in [6, 6.07) is 17.2. The quantitative estimate of drug-likeness (QED) is 0.116. The maximum absolute atomic E-state index is 6.68. The monoisotopic (exact) mass is 775 g/mol. The molecule has 0 radical (unpaired) electrons. The molecule has 0 atom stereocenters. The van der Waals surface area contributed by atoms with Crippen molar-refractivity contribution in [2.45, 2.75) is 0 Å². The standard InChI is InChI=1S/C35H30Cl5N5O5/c1-46-31-21-6-16(36)7-22(31)42-24-9-18(38)11-26(33(24)48-3)44-28-13-20(40)15-30(35(28)50-5)45-29-14-19(39)12-27(34(29)49-4)43-25-10-17(37)8-23(41-21)32(25)47-2/h6-15,41-45H,1-5H3. The first-order valence-corrected chi connectivity index (χ1v) is 16.7. The third-order valence-electron chi connectivity index (χ3n) is 7.64. The van der Waals surface area contributed by atoms with E-state index in [9.17, 15) is 0 Å². The molecule has 0 saturated carbocycles. The Morgan fingerprint density at radius 3 is 0.500 bits per heavy atom. The Balaban J connectivity index is 1.66. The number of benzene rings is 5. The molecule has 6 rings (SSSR count). The minimum atomic E-state index is 0.400. The maximum atomic E-state index is 6.68. The number of methoxy groups -OCH3 is 5. The number of hydrogen-bond donors (Lipinski definition) is 5. The van der Waals surface area contributed by atoms with Crippen LogP contribution in [0, 0.1) is 0 Å². The van der Waals surface area contributed by atoms with Gasteiger partial charge in [0.05, 0.1) is 92.4 Å². The van der Waals surface area contributed by atoms with Gasteiger partial charge in [0.25, 0.3) is 0 Å². The normalized spacial score (nSPS) is 11.8. The molecule has 50 heavy (non-hydrogen) atoms. The number of ether oxygens (including phenoxy) is 5. The van der Waals surface area contributed by atoms with Gasteiger partial charge in [0.2, 0.25) is 0 Å². The van der Waals surface area contributed by atoms with E-state index in [0.29, 0.717) is 111 Å². The van der Waals surface area contributed by atoms with Crippen LogP contribution in [-0.2, 0) is 0 Å². The molecule has 1 aliphatic heterocycles. The molecule has 0 saturated heterocycles. The summed E-state index contributed by atoms with van der Waals surface area (Å²) in [5, 5.41) is 18.9. The summed E-state index contributed by atoms with van der Waals surface area (Å²) in [7, 11) is 7.72. The summed E-state index contributed by atoms with van der Waals surface area (Å²) in [6.45, 7) is 0. The number of nitrogens with one attached hydrogen (secondary N) is 5. The van der Waals surface area contributed by atoms with Crippen LogP contribution in [0.1, 0.15) is 0 Å². The van der Waals surface area contributed by atoms with E-state index in [2.05, 4.69) is 26.6 Å². The van der Waals surface area contributed by atoms with E-state index in [0.717, 1.165) is 0 Å². The van der Waals surface area contributed by atoms with Gasteiger partial charge in [0, 0.05) is 25.1 Å². The van der Waals surface area contributed by atoms with Gasteiger partial charge < -0.3 is 50.3 Å². The van der Waals surface area contributed by atoms with Crippen LogP contribution in [0.15, 0.2) is 60.7 Å². The van der Waals surface area contributed by atoms with Crippen LogP contribution in [0.25, 0.3) is 0 Å². The van der Waals surface area contributed by atoms with Crippen molar-refractivity contribution in [1.29, 1.82) is 0 Å². The highest BCUT2D eigenvalue weighted by Crippen LogP contribution is 2.50. The average molecular weight is 778 g/mol. The van der Waals surface area contributed by atoms with Gasteiger partial charge in [0.1, 0.15) is 0 Å². The van der Waals surface area contributed by atoms with Crippen molar-refractivity contribution in [3.05, 3.63) is 85.8 Å². The van der Waals surface area contributed by atoms with Crippen LogP contribution in [-0.4, -0.2) is 35.5 Å². The van der Waals surface area contributed by atoms with E-state index < -0.39 is 0 Å². The Kier molecular flexibility index (Phi) is 10.5. The molecule has 5 aromatic carbocycles. The predicted octanol–water partition coefficient (Wildman–Crippen LogP) is 12.0. The van der Waals surface area contributed by atoms with E-state index in [1.54, 1.807) is 96.2 Å². The van der Waals surface area contributed by atoms with Gasteiger partial charge in [-0.15, -0.1) is 0 Å². The molecule has 260 valence electrons. The summed E-state index contributed by atoms with van der Waals surface area (Å²) < 4.78 is 29.5. The van der Waals surface area contributed by atoms with Gasteiger partial charge in [-0.3, -0.25) is 0 Å². The highest BCUT2D eigenvalue weighted by molar-refractivity contribution is 6.33. The van der Waals surface area contributed by atoms with Crippen molar-refractivity contribution in [3.63, 3.8) is 0 Å². The molecule has 0 aliphatic carbocycles. The Morgan fingerprint density at radius 1 is 0.280 bits per heavy atom. The lowest BCUT2D eigenvalue weighted by Crippen LogP contribution is -2.06. The lowest BCUT2D eigenvalue weighted by molar-refractivity contribution is 0.414. The minimum absolute atomic E-state index is 0.400. The van der Waals surface area contributed by atoms with Crippen molar-refractivity contribution < 1.29 is 23.7 Å². The highest BCUT2D eigenvalue weighted by Gasteiger charge is 2.23. The number of halogens is 5. The minimum Gasteiger partial charge on any atom is -0.492 e. The highest BCUT2D eigenvalue weighted by atomic mass is 35.5. The van der Waals surface area contributed by atoms with Crippen molar-refractivity contribution in [3.8, 4) is 28.7 Å². The molecule has 0 amide bonds. The molecule has 10 nitrogen and oxygen atoms in total. The molecule has 1 heterocycles. The number of fused-ring (bicyclic) bond motifs is 10. The first-order chi connectivity index (χ1) is 24.0. The molecule has 10 bridgehead atoms. The third kappa shape index (κ3) is 7.08. The second kappa shape index (κ2) is 14.8. The second-order valence-corrected chi connectivity index (χ2v) is 13.0. The summed E-state index contributed by atoms with van der Waals surface area (Å²) >= 11 is 33.4. The van der Waals surface area contributed by atoms with Crippen LogP contribution in [0.5, 0.6) is 28.7 Å². The molecule has 0 aromatic heterocycles. The van der Waals surface area contributed by atoms with Gasteiger partial charge in [-0.05, 0) is 60.7 Å². The molecule has 15 heteroatoms. The van der Waals surface area contributed by atoms with Crippen molar-refractivity contribution in [2.24, 2.45) is 0 Å². The van der Waals surface area contributed by atoms with E-state index >= 15 is 0 Å². The zero-order chi connectivity index (χ0) is 35.7. The SMILES string of the molecule is COc1c2cc(Cl)cc1Nc1cc(Cl)cc(c1OC)Nc1cc(Cl)cc(c1OC)Nc1cc(Cl)cc(c1OC)Nc1cc(Cl)cc(c1OC)N2.